The molecule has 0 saturated carbocycles. The Bertz CT molecular complexity index is 494. The van der Waals surface area contributed by atoms with Gasteiger partial charge in [-0.2, -0.15) is 0 Å². The highest BCUT2D eigenvalue weighted by Gasteiger charge is 2.17. The highest BCUT2D eigenvalue weighted by atomic mass is 19.2. The number of hydrogen-bond donors (Lipinski definition) is 1. The number of carbonyl (C=O) groups excluding carboxylic acids is 1. The van der Waals surface area contributed by atoms with Gasteiger partial charge in [-0.15, -0.1) is 0 Å². The van der Waals surface area contributed by atoms with Gasteiger partial charge >= 0.3 is 6.03 Å². The lowest BCUT2D eigenvalue weighted by atomic mass is 10.1. The van der Waals surface area contributed by atoms with Crippen LogP contribution in [-0.2, 0) is 6.54 Å². The molecular formula is C18H28F2N2O. The van der Waals surface area contributed by atoms with Crippen molar-refractivity contribution in [3.8, 4) is 0 Å². The smallest absolute Gasteiger partial charge is 0.317 e. The van der Waals surface area contributed by atoms with Crippen LogP contribution in [0.1, 0.15) is 58.4 Å². The Kier molecular flexibility index (Phi) is 8.59. The Morgan fingerprint density at radius 3 is 2.48 bits per heavy atom. The summed E-state index contributed by atoms with van der Waals surface area (Å²) in [7, 11) is 0. The van der Waals surface area contributed by atoms with Gasteiger partial charge in [-0.25, -0.2) is 13.6 Å². The summed E-state index contributed by atoms with van der Waals surface area (Å²) in [6, 6.07) is 3.80. The van der Waals surface area contributed by atoms with Gasteiger partial charge in [0.05, 0.1) is 0 Å². The second-order valence-electron chi connectivity index (χ2n) is 5.87. The van der Waals surface area contributed by atoms with E-state index >= 15 is 0 Å². The molecule has 3 nitrogen and oxygen atoms in total. The fraction of sp³-hybridized carbons (Fsp3) is 0.611. The van der Waals surface area contributed by atoms with Gasteiger partial charge in [-0.05, 0) is 37.0 Å². The zero-order valence-corrected chi connectivity index (χ0v) is 14.4. The number of nitrogens with zero attached hydrogens (tertiary/aromatic N) is 1. The quantitative estimate of drug-likeness (QED) is 0.691. The number of urea groups is 1. The van der Waals surface area contributed by atoms with Gasteiger partial charge in [-0.1, -0.05) is 39.7 Å². The molecular weight excluding hydrogens is 298 g/mol. The third kappa shape index (κ3) is 6.55. The van der Waals surface area contributed by atoms with Gasteiger partial charge < -0.3 is 10.2 Å². The van der Waals surface area contributed by atoms with Crippen LogP contribution < -0.4 is 5.32 Å². The van der Waals surface area contributed by atoms with Crippen LogP contribution in [0.2, 0.25) is 0 Å². The Hall–Kier alpha value is -1.65. The number of rotatable bonds is 9. The average molecular weight is 326 g/mol. The van der Waals surface area contributed by atoms with Gasteiger partial charge in [0.1, 0.15) is 0 Å². The van der Waals surface area contributed by atoms with E-state index in [4.69, 9.17) is 0 Å². The van der Waals surface area contributed by atoms with Crippen molar-refractivity contribution in [3.05, 3.63) is 35.4 Å². The first kappa shape index (κ1) is 19.4. The van der Waals surface area contributed by atoms with Crippen molar-refractivity contribution in [3.63, 3.8) is 0 Å². The largest absolute Gasteiger partial charge is 0.335 e. The van der Waals surface area contributed by atoms with Gasteiger partial charge in [0.2, 0.25) is 0 Å². The van der Waals surface area contributed by atoms with Gasteiger partial charge in [0.15, 0.2) is 11.6 Å². The molecule has 0 fully saturated rings. The van der Waals surface area contributed by atoms with Crippen LogP contribution in [0, 0.1) is 11.6 Å². The zero-order chi connectivity index (χ0) is 17.2. The molecule has 1 N–H and O–H groups in total. The number of halogens is 2. The van der Waals surface area contributed by atoms with Crippen molar-refractivity contribution in [1.29, 1.82) is 0 Å². The third-order valence-electron chi connectivity index (χ3n) is 3.88. The van der Waals surface area contributed by atoms with Crippen LogP contribution in [0.3, 0.4) is 0 Å². The zero-order valence-electron chi connectivity index (χ0n) is 14.4. The number of carbonyl (C=O) groups is 1. The molecule has 23 heavy (non-hydrogen) atoms. The van der Waals surface area contributed by atoms with E-state index in [0.29, 0.717) is 12.1 Å². The summed E-state index contributed by atoms with van der Waals surface area (Å²) >= 11 is 0. The van der Waals surface area contributed by atoms with Crippen molar-refractivity contribution >= 4 is 6.03 Å². The Morgan fingerprint density at radius 2 is 1.91 bits per heavy atom. The van der Waals surface area contributed by atoms with Crippen LogP contribution in [0.25, 0.3) is 0 Å². The Morgan fingerprint density at radius 1 is 1.17 bits per heavy atom. The van der Waals surface area contributed by atoms with Crippen LogP contribution in [0.15, 0.2) is 18.2 Å². The molecule has 130 valence electrons. The molecule has 1 aromatic carbocycles. The van der Waals surface area contributed by atoms with E-state index in [9.17, 15) is 13.6 Å². The first-order valence-electron chi connectivity index (χ1n) is 8.51. The van der Waals surface area contributed by atoms with Crippen LogP contribution in [0.5, 0.6) is 0 Å². The summed E-state index contributed by atoms with van der Waals surface area (Å²) in [5, 5.41) is 3.04. The van der Waals surface area contributed by atoms with Crippen LogP contribution in [-0.4, -0.2) is 23.5 Å². The predicted molar refractivity (Wildman–Crippen MR) is 89.2 cm³/mol. The molecule has 0 aliphatic rings. The maximum Gasteiger partial charge on any atom is 0.317 e. The lowest BCUT2D eigenvalue weighted by Gasteiger charge is -2.26. The maximum absolute atomic E-state index is 13.4. The second-order valence-corrected chi connectivity index (χ2v) is 5.87. The summed E-state index contributed by atoms with van der Waals surface area (Å²) in [6.45, 7) is 7.08. The van der Waals surface area contributed by atoms with E-state index < -0.39 is 11.6 Å². The molecule has 0 radical (unpaired) electrons. The van der Waals surface area contributed by atoms with E-state index in [-0.39, 0.29) is 18.6 Å². The van der Waals surface area contributed by atoms with Crippen LogP contribution >= 0.6 is 0 Å². The number of hydrogen-bond acceptors (Lipinski definition) is 1. The molecule has 1 rings (SSSR count). The van der Waals surface area contributed by atoms with E-state index in [2.05, 4.69) is 19.2 Å². The van der Waals surface area contributed by atoms with Crippen molar-refractivity contribution in [1.82, 2.24) is 10.2 Å². The fourth-order valence-electron chi connectivity index (χ4n) is 2.45. The number of amides is 2. The Balaban J connectivity index is 2.77. The van der Waals surface area contributed by atoms with Crippen molar-refractivity contribution in [2.45, 2.75) is 65.5 Å². The van der Waals surface area contributed by atoms with Gasteiger partial charge in [-0.3, -0.25) is 0 Å². The standard InChI is InChI=1S/C18H28F2N2O/c1-4-7-11-22(18(23)21-15(6-3)8-5-2)13-14-9-10-16(19)17(20)12-14/h9-10,12,15H,4-8,11,13H2,1-3H3,(H,21,23). The SMILES string of the molecule is CCCCN(Cc1ccc(F)c(F)c1)C(=O)NC(CC)CCC. The third-order valence-corrected chi connectivity index (χ3v) is 3.88. The lowest BCUT2D eigenvalue weighted by molar-refractivity contribution is 0.188. The molecule has 5 heteroatoms. The second kappa shape index (κ2) is 10.2. The van der Waals surface area contributed by atoms with Crippen molar-refractivity contribution < 1.29 is 13.6 Å². The molecule has 0 heterocycles. The number of nitrogens with one attached hydrogen (secondary N) is 1. The topological polar surface area (TPSA) is 32.3 Å². The molecule has 0 saturated heterocycles. The van der Waals surface area contributed by atoms with E-state index in [0.717, 1.165) is 44.2 Å². The van der Waals surface area contributed by atoms with Gasteiger partial charge in [0, 0.05) is 19.1 Å². The summed E-state index contributed by atoms with van der Waals surface area (Å²) in [6.07, 6.45) is 4.67. The van der Waals surface area contributed by atoms with E-state index in [1.807, 2.05) is 6.92 Å². The van der Waals surface area contributed by atoms with E-state index in [1.54, 1.807) is 4.90 Å². The number of unbranched alkanes of at least 4 members (excludes halogenated alkanes) is 1. The van der Waals surface area contributed by atoms with E-state index in [1.165, 1.54) is 6.07 Å². The summed E-state index contributed by atoms with van der Waals surface area (Å²) in [4.78, 5) is 14.2. The van der Waals surface area contributed by atoms with Gasteiger partial charge in [0.25, 0.3) is 0 Å². The number of benzene rings is 1. The fourth-order valence-corrected chi connectivity index (χ4v) is 2.45. The monoisotopic (exact) mass is 326 g/mol. The highest BCUT2D eigenvalue weighted by molar-refractivity contribution is 5.74. The predicted octanol–water partition coefficient (Wildman–Crippen LogP) is 4.86. The summed E-state index contributed by atoms with van der Waals surface area (Å²) in [5.74, 6) is -1.75. The molecule has 0 bridgehead atoms. The average Bonchev–Trinajstić information content (AvgIpc) is 2.54. The maximum atomic E-state index is 13.4. The summed E-state index contributed by atoms with van der Waals surface area (Å²) < 4.78 is 26.4. The molecule has 0 aromatic heterocycles. The molecule has 0 aliphatic heterocycles. The normalized spacial score (nSPS) is 12.0. The van der Waals surface area contributed by atoms with Crippen LogP contribution in [0.4, 0.5) is 13.6 Å². The molecule has 2 amide bonds. The lowest BCUT2D eigenvalue weighted by Crippen LogP contribution is -2.44. The molecule has 1 aromatic rings. The summed E-state index contributed by atoms with van der Waals surface area (Å²) in [5.41, 5.74) is 0.596. The molecule has 0 spiro atoms. The highest BCUT2D eigenvalue weighted by Crippen LogP contribution is 2.12. The molecule has 1 unspecified atom stereocenters. The first-order valence-corrected chi connectivity index (χ1v) is 8.51. The minimum atomic E-state index is -0.879. The minimum absolute atomic E-state index is 0.136. The van der Waals surface area contributed by atoms with Crippen molar-refractivity contribution in [2.75, 3.05) is 6.54 Å². The molecule has 0 aliphatic carbocycles. The first-order chi connectivity index (χ1) is 11.0. The van der Waals surface area contributed by atoms with Crippen molar-refractivity contribution in [2.24, 2.45) is 0 Å². The Labute approximate surface area is 138 Å². The minimum Gasteiger partial charge on any atom is -0.335 e. The molecule has 1 atom stereocenters.